The molecule has 5 heterocycles. The fourth-order valence-corrected chi connectivity index (χ4v) is 5.50. The van der Waals surface area contributed by atoms with Crippen LogP contribution in [-0.2, 0) is 0 Å². The third kappa shape index (κ3) is 4.44. The first kappa shape index (κ1) is 23.5. The van der Waals surface area contributed by atoms with Crippen molar-refractivity contribution in [3.8, 4) is 11.4 Å². The lowest BCUT2D eigenvalue weighted by Crippen LogP contribution is -2.34. The molecule has 1 aromatic carbocycles. The number of imidazole rings is 1. The Morgan fingerprint density at radius 3 is 2.73 bits per heavy atom. The normalized spacial score (nSPS) is 19.9. The molecule has 2 aliphatic rings. The van der Waals surface area contributed by atoms with E-state index in [0.717, 1.165) is 49.4 Å². The van der Waals surface area contributed by atoms with Crippen LogP contribution in [0.2, 0.25) is 0 Å². The van der Waals surface area contributed by atoms with E-state index in [1.807, 2.05) is 49.3 Å². The van der Waals surface area contributed by atoms with Gasteiger partial charge in [0.2, 0.25) is 0 Å². The van der Waals surface area contributed by atoms with Crippen molar-refractivity contribution in [3.05, 3.63) is 77.9 Å². The minimum Gasteiger partial charge on any atom is -0.348 e. The van der Waals surface area contributed by atoms with Crippen LogP contribution >= 0.6 is 0 Å². The van der Waals surface area contributed by atoms with E-state index >= 15 is 0 Å². The van der Waals surface area contributed by atoms with Crippen LogP contribution in [0.5, 0.6) is 0 Å². The number of likely N-dealkylation sites (tertiary alicyclic amines) is 1. The number of nitrogens with zero attached hydrogens (tertiary/aromatic N) is 7. The second-order valence-corrected chi connectivity index (χ2v) is 10.1. The Bertz CT molecular complexity index is 1450. The number of aromatic nitrogens is 4. The number of anilines is 1. The van der Waals surface area contributed by atoms with Crippen LogP contribution < -0.4 is 4.90 Å². The van der Waals surface area contributed by atoms with Crippen molar-refractivity contribution in [1.29, 1.82) is 0 Å². The first-order valence-corrected chi connectivity index (χ1v) is 12.8. The molecule has 6 rings (SSSR count). The van der Waals surface area contributed by atoms with Gasteiger partial charge in [-0.3, -0.25) is 4.79 Å². The first-order chi connectivity index (χ1) is 18.0. The van der Waals surface area contributed by atoms with E-state index in [-0.39, 0.29) is 17.8 Å². The second-order valence-electron chi connectivity index (χ2n) is 10.1. The molecule has 1 amide bonds. The van der Waals surface area contributed by atoms with Gasteiger partial charge >= 0.3 is 0 Å². The fraction of sp³-hybridized carbons (Fsp3) is 0.357. The van der Waals surface area contributed by atoms with E-state index < -0.39 is 0 Å². The smallest absolute Gasteiger partial charge is 0.272 e. The predicted octanol–water partition coefficient (Wildman–Crippen LogP) is 4.05. The van der Waals surface area contributed by atoms with Gasteiger partial charge in [-0.05, 0) is 75.3 Å². The molecule has 0 spiro atoms. The summed E-state index contributed by atoms with van der Waals surface area (Å²) in [5.74, 6) is 0.525. The number of pyridine rings is 1. The van der Waals surface area contributed by atoms with E-state index in [0.29, 0.717) is 29.6 Å². The molecule has 3 aromatic heterocycles. The van der Waals surface area contributed by atoms with Gasteiger partial charge in [-0.15, -0.1) is 5.10 Å². The number of hydrogen-bond donors (Lipinski definition) is 0. The average Bonchev–Trinajstić information content (AvgIpc) is 3.67. The summed E-state index contributed by atoms with van der Waals surface area (Å²) >= 11 is 0. The van der Waals surface area contributed by atoms with Gasteiger partial charge in [-0.25, -0.2) is 18.9 Å². The molecule has 1 unspecified atom stereocenters. The van der Waals surface area contributed by atoms with Gasteiger partial charge in [0.15, 0.2) is 5.65 Å². The number of carbonyl (C=O) groups is 1. The predicted molar refractivity (Wildman–Crippen MR) is 140 cm³/mol. The van der Waals surface area contributed by atoms with E-state index in [4.69, 9.17) is 10.1 Å². The molecule has 0 N–H and O–H groups in total. The molecular weight excluding hydrogens is 469 g/mol. The highest BCUT2D eigenvalue weighted by molar-refractivity contribution is 5.93. The second kappa shape index (κ2) is 9.55. The molecular formula is C28H30FN7O. The standard InChI is InChI=1S/C28H30FN7O/c1-33(2)21-13-15-34(18-21)28(37)23-9-4-8-22(31-23)25-17-30-26-11-12-27(32-36(25)26)35-14-5-10-24(35)19-6-3-7-20(29)16-19/h3-4,6-9,11-12,16-17,21,24H,5,10,13-15,18H2,1-2H3/t21-,24?/m1/s1. The third-order valence-corrected chi connectivity index (χ3v) is 7.54. The SMILES string of the molecule is CN(C)[C@@H]1CCN(C(=O)c2cccc(-c3cnc4ccc(N5CCCC5c5cccc(F)c5)nn34)n2)C1. The number of amides is 1. The van der Waals surface area contributed by atoms with Crippen LogP contribution in [0.15, 0.2) is 60.8 Å². The van der Waals surface area contributed by atoms with Gasteiger partial charge in [0.05, 0.1) is 17.9 Å². The van der Waals surface area contributed by atoms with Crippen molar-refractivity contribution < 1.29 is 9.18 Å². The van der Waals surface area contributed by atoms with Gasteiger partial charge in [-0.1, -0.05) is 18.2 Å². The lowest BCUT2D eigenvalue weighted by molar-refractivity contribution is 0.0777. The van der Waals surface area contributed by atoms with E-state index in [9.17, 15) is 9.18 Å². The Balaban J connectivity index is 1.30. The number of benzene rings is 1. The van der Waals surface area contributed by atoms with Crippen molar-refractivity contribution in [3.63, 3.8) is 0 Å². The number of halogens is 1. The summed E-state index contributed by atoms with van der Waals surface area (Å²) in [5.41, 5.74) is 3.45. The van der Waals surface area contributed by atoms with Crippen LogP contribution in [0.3, 0.4) is 0 Å². The summed E-state index contributed by atoms with van der Waals surface area (Å²) in [6.45, 7) is 2.28. The largest absolute Gasteiger partial charge is 0.348 e. The molecule has 0 radical (unpaired) electrons. The van der Waals surface area contributed by atoms with Crippen LogP contribution in [0.4, 0.5) is 10.2 Å². The summed E-state index contributed by atoms with van der Waals surface area (Å²) < 4.78 is 15.7. The van der Waals surface area contributed by atoms with Gasteiger partial charge in [0.25, 0.3) is 5.91 Å². The molecule has 0 saturated carbocycles. The summed E-state index contributed by atoms with van der Waals surface area (Å²) in [5, 5.41) is 4.92. The van der Waals surface area contributed by atoms with Crippen LogP contribution in [0, 0.1) is 5.82 Å². The van der Waals surface area contributed by atoms with Crippen LogP contribution in [0.25, 0.3) is 17.0 Å². The van der Waals surface area contributed by atoms with Crippen LogP contribution in [0.1, 0.15) is 41.4 Å². The fourth-order valence-electron chi connectivity index (χ4n) is 5.50. The van der Waals surface area contributed by atoms with E-state index in [2.05, 4.69) is 14.8 Å². The molecule has 2 aliphatic heterocycles. The van der Waals surface area contributed by atoms with Gasteiger partial charge in [0, 0.05) is 25.7 Å². The Kier molecular flexibility index (Phi) is 6.08. The third-order valence-electron chi connectivity index (χ3n) is 7.54. The van der Waals surface area contributed by atoms with Crippen molar-refractivity contribution in [2.75, 3.05) is 38.6 Å². The molecule has 2 fully saturated rings. The molecule has 9 heteroatoms. The maximum Gasteiger partial charge on any atom is 0.272 e. The molecule has 0 bridgehead atoms. The molecule has 37 heavy (non-hydrogen) atoms. The maximum atomic E-state index is 13.9. The minimum atomic E-state index is -0.226. The first-order valence-electron chi connectivity index (χ1n) is 12.8. The molecule has 2 atom stereocenters. The van der Waals surface area contributed by atoms with Crippen molar-refractivity contribution in [1.82, 2.24) is 29.4 Å². The highest BCUT2D eigenvalue weighted by Crippen LogP contribution is 2.35. The highest BCUT2D eigenvalue weighted by atomic mass is 19.1. The number of fused-ring (bicyclic) bond motifs is 1. The lowest BCUT2D eigenvalue weighted by atomic mass is 10.0. The lowest BCUT2D eigenvalue weighted by Gasteiger charge is -2.26. The minimum absolute atomic E-state index is 0.0522. The Morgan fingerprint density at radius 1 is 1.05 bits per heavy atom. The zero-order valence-corrected chi connectivity index (χ0v) is 21.1. The topological polar surface area (TPSA) is 69.9 Å². The van der Waals surface area contributed by atoms with Crippen molar-refractivity contribution >= 4 is 17.4 Å². The van der Waals surface area contributed by atoms with E-state index in [1.165, 1.54) is 6.07 Å². The molecule has 2 saturated heterocycles. The average molecular weight is 500 g/mol. The number of carbonyl (C=O) groups excluding carboxylic acids is 1. The molecule has 8 nitrogen and oxygen atoms in total. The Hall–Kier alpha value is -3.85. The monoisotopic (exact) mass is 499 g/mol. The van der Waals surface area contributed by atoms with Gasteiger partial charge in [0.1, 0.15) is 23.0 Å². The molecule has 4 aromatic rings. The maximum absolute atomic E-state index is 13.9. The number of hydrogen-bond acceptors (Lipinski definition) is 6. The van der Waals surface area contributed by atoms with Gasteiger partial charge in [-0.2, -0.15) is 0 Å². The molecule has 190 valence electrons. The number of rotatable bonds is 5. The van der Waals surface area contributed by atoms with Crippen molar-refractivity contribution in [2.24, 2.45) is 0 Å². The quantitative estimate of drug-likeness (QED) is 0.413. The summed E-state index contributed by atoms with van der Waals surface area (Å²) in [6.07, 6.45) is 4.66. The Morgan fingerprint density at radius 2 is 1.92 bits per heavy atom. The van der Waals surface area contributed by atoms with Crippen LogP contribution in [-0.4, -0.2) is 75.1 Å². The van der Waals surface area contributed by atoms with Crippen molar-refractivity contribution in [2.45, 2.75) is 31.3 Å². The molecule has 0 aliphatic carbocycles. The summed E-state index contributed by atoms with van der Waals surface area (Å²) in [4.78, 5) is 28.7. The summed E-state index contributed by atoms with van der Waals surface area (Å²) in [7, 11) is 4.10. The zero-order chi connectivity index (χ0) is 25.5. The highest BCUT2D eigenvalue weighted by Gasteiger charge is 2.30. The zero-order valence-electron chi connectivity index (χ0n) is 21.1. The summed E-state index contributed by atoms with van der Waals surface area (Å²) in [6, 6.07) is 16.7. The number of likely N-dealkylation sites (N-methyl/N-ethyl adjacent to an activating group) is 1. The Labute approximate surface area is 215 Å². The van der Waals surface area contributed by atoms with Gasteiger partial charge < -0.3 is 14.7 Å². The van der Waals surface area contributed by atoms with E-state index in [1.54, 1.807) is 28.9 Å².